The number of aromatic nitrogens is 2. The van der Waals surface area contributed by atoms with Crippen molar-refractivity contribution in [1.29, 1.82) is 0 Å². The number of ether oxygens (including phenoxy) is 1. The van der Waals surface area contributed by atoms with E-state index in [-0.39, 0.29) is 70.6 Å². The molecule has 0 spiro atoms. The van der Waals surface area contributed by atoms with E-state index < -0.39 is 35.4 Å². The van der Waals surface area contributed by atoms with Gasteiger partial charge in [-0.2, -0.15) is 9.97 Å². The van der Waals surface area contributed by atoms with E-state index >= 15 is 4.39 Å². The van der Waals surface area contributed by atoms with Crippen LogP contribution in [0, 0.1) is 35.8 Å². The molecule has 0 bridgehead atoms. The topological polar surface area (TPSA) is 82.0 Å². The van der Waals surface area contributed by atoms with Crippen LogP contribution in [0.2, 0.25) is 0 Å². The number of nitrogens with zero attached hydrogens (tertiary/aromatic N) is 4. The van der Waals surface area contributed by atoms with Crippen LogP contribution in [-0.2, 0) is 0 Å². The van der Waals surface area contributed by atoms with Gasteiger partial charge in [0.15, 0.2) is 5.82 Å². The van der Waals surface area contributed by atoms with Gasteiger partial charge in [0.1, 0.15) is 41.3 Å². The van der Waals surface area contributed by atoms with E-state index in [2.05, 4.69) is 15.8 Å². The summed E-state index contributed by atoms with van der Waals surface area (Å²) in [4.78, 5) is 13.2. The molecule has 3 aromatic carbocycles. The lowest BCUT2D eigenvalue weighted by Gasteiger charge is -2.31. The molecule has 250 valence electrons. The molecule has 3 aliphatic heterocycles. The van der Waals surface area contributed by atoms with Crippen LogP contribution in [0.1, 0.15) is 37.7 Å². The van der Waals surface area contributed by atoms with Crippen molar-refractivity contribution in [1.82, 2.24) is 14.9 Å². The molecular weight excluding hydrogens is 631 g/mol. The zero-order chi connectivity index (χ0) is 33.5. The Kier molecular flexibility index (Phi) is 7.23. The molecule has 8 rings (SSSR count). The van der Waals surface area contributed by atoms with E-state index in [0.717, 1.165) is 19.4 Å². The highest BCUT2D eigenvalue weighted by Crippen LogP contribution is 2.49. The van der Waals surface area contributed by atoms with Crippen LogP contribution in [-0.4, -0.2) is 81.6 Å². The molecule has 4 fully saturated rings. The number of terminal acetylenes is 1. The van der Waals surface area contributed by atoms with Crippen LogP contribution in [0.3, 0.4) is 0 Å². The lowest BCUT2D eigenvalue weighted by Crippen LogP contribution is -2.43. The van der Waals surface area contributed by atoms with Gasteiger partial charge >= 0.3 is 6.01 Å². The zero-order valence-electron chi connectivity index (χ0n) is 25.9. The molecule has 1 aliphatic carbocycles. The third-order valence-electron chi connectivity index (χ3n) is 11.0. The highest BCUT2D eigenvalue weighted by Gasteiger charge is 2.53. The Hall–Kier alpha value is -4.21. The summed E-state index contributed by atoms with van der Waals surface area (Å²) in [6, 6.07) is 8.38. The highest BCUT2D eigenvalue weighted by molar-refractivity contribution is 6.04. The van der Waals surface area contributed by atoms with Crippen molar-refractivity contribution in [3.05, 3.63) is 53.6 Å². The molecule has 12 heteroatoms. The SMILES string of the molecule is C#Cc1c(F)ccc2cc(O)cc(-c3ccc4c(N5CC6CC(O)(C(F)F)CC6C5)nc(OC[C@@]56CCCN5C[C@H](F)C6)nc4c3F)c12. The van der Waals surface area contributed by atoms with E-state index in [1.807, 2.05) is 4.90 Å². The maximum Gasteiger partial charge on any atom is 0.319 e. The van der Waals surface area contributed by atoms with Gasteiger partial charge in [0, 0.05) is 42.4 Å². The van der Waals surface area contributed by atoms with E-state index in [4.69, 9.17) is 16.1 Å². The first kappa shape index (κ1) is 31.1. The number of rotatable bonds is 6. The predicted molar refractivity (Wildman–Crippen MR) is 170 cm³/mol. The Labute approximate surface area is 273 Å². The minimum absolute atomic E-state index is 0.0121. The van der Waals surface area contributed by atoms with E-state index in [9.17, 15) is 27.8 Å². The van der Waals surface area contributed by atoms with Crippen LogP contribution in [0.4, 0.5) is 27.8 Å². The lowest BCUT2D eigenvalue weighted by molar-refractivity contribution is -0.0947. The molecule has 48 heavy (non-hydrogen) atoms. The molecule has 7 nitrogen and oxygen atoms in total. The van der Waals surface area contributed by atoms with Gasteiger partial charge in [-0.1, -0.05) is 18.1 Å². The molecule has 3 saturated heterocycles. The van der Waals surface area contributed by atoms with Crippen LogP contribution < -0.4 is 9.64 Å². The van der Waals surface area contributed by atoms with Crippen molar-refractivity contribution in [3.63, 3.8) is 0 Å². The number of hydrogen-bond acceptors (Lipinski definition) is 7. The van der Waals surface area contributed by atoms with Crippen LogP contribution >= 0.6 is 0 Å². The Balaban J connectivity index is 1.24. The van der Waals surface area contributed by atoms with Crippen molar-refractivity contribution in [2.75, 3.05) is 37.7 Å². The third-order valence-corrected chi connectivity index (χ3v) is 11.0. The van der Waals surface area contributed by atoms with Gasteiger partial charge in [0.25, 0.3) is 6.43 Å². The van der Waals surface area contributed by atoms with Crippen LogP contribution in [0.25, 0.3) is 32.8 Å². The quantitative estimate of drug-likeness (QED) is 0.187. The molecule has 4 aromatic rings. The average Bonchev–Trinajstić information content (AvgIpc) is 3.78. The van der Waals surface area contributed by atoms with Crippen molar-refractivity contribution in [2.45, 2.75) is 55.8 Å². The van der Waals surface area contributed by atoms with Crippen LogP contribution in [0.15, 0.2) is 36.4 Å². The second kappa shape index (κ2) is 11.2. The molecular formula is C36H33F5N4O3. The summed E-state index contributed by atoms with van der Waals surface area (Å²) in [5, 5.41) is 22.0. The summed E-state index contributed by atoms with van der Waals surface area (Å²) in [7, 11) is 0. The Morgan fingerprint density at radius 3 is 2.52 bits per heavy atom. The second-order valence-electron chi connectivity index (χ2n) is 13.9. The molecule has 2 unspecified atom stereocenters. The van der Waals surface area contributed by atoms with E-state index in [0.29, 0.717) is 42.6 Å². The summed E-state index contributed by atoms with van der Waals surface area (Å²) in [5.41, 5.74) is -2.55. The minimum Gasteiger partial charge on any atom is -0.508 e. The molecule has 4 heterocycles. The normalized spacial score (nSPS) is 28.5. The first-order valence-electron chi connectivity index (χ1n) is 16.2. The fourth-order valence-corrected chi connectivity index (χ4v) is 8.81. The number of benzene rings is 3. The number of phenols is 1. The van der Waals surface area contributed by atoms with Crippen molar-refractivity contribution < 1.29 is 36.9 Å². The smallest absolute Gasteiger partial charge is 0.319 e. The lowest BCUT2D eigenvalue weighted by atomic mass is 9.93. The first-order valence-corrected chi connectivity index (χ1v) is 16.2. The van der Waals surface area contributed by atoms with Gasteiger partial charge in [-0.15, -0.1) is 6.42 Å². The summed E-state index contributed by atoms with van der Waals surface area (Å²) >= 11 is 0. The average molecular weight is 665 g/mol. The van der Waals surface area contributed by atoms with Crippen molar-refractivity contribution in [3.8, 4) is 35.2 Å². The number of phenolic OH excluding ortho intramolecular Hbond substituents is 1. The highest BCUT2D eigenvalue weighted by atomic mass is 19.3. The van der Waals surface area contributed by atoms with Gasteiger partial charge < -0.3 is 19.8 Å². The summed E-state index contributed by atoms with van der Waals surface area (Å²) in [5.74, 6) is 0.642. The Morgan fingerprint density at radius 1 is 1.02 bits per heavy atom. The van der Waals surface area contributed by atoms with Crippen LogP contribution in [0.5, 0.6) is 11.8 Å². The summed E-state index contributed by atoms with van der Waals surface area (Å²) < 4.78 is 79.6. The summed E-state index contributed by atoms with van der Waals surface area (Å²) in [6.07, 6.45) is 3.68. The molecule has 0 radical (unpaired) electrons. The van der Waals surface area contributed by atoms with Crippen molar-refractivity contribution in [2.24, 2.45) is 11.8 Å². The minimum atomic E-state index is -2.85. The first-order chi connectivity index (χ1) is 23.0. The zero-order valence-corrected chi connectivity index (χ0v) is 25.9. The maximum atomic E-state index is 16.9. The Bertz CT molecular complexity index is 1990. The molecule has 1 aromatic heterocycles. The largest absolute Gasteiger partial charge is 0.508 e. The van der Waals surface area contributed by atoms with Gasteiger partial charge in [0.05, 0.1) is 11.1 Å². The molecule has 2 N–H and O–H groups in total. The number of alkyl halides is 3. The number of aromatic hydroxyl groups is 1. The molecule has 0 amide bonds. The van der Waals surface area contributed by atoms with Gasteiger partial charge in [-0.05, 0) is 79.3 Å². The van der Waals surface area contributed by atoms with Crippen molar-refractivity contribution >= 4 is 27.5 Å². The number of anilines is 1. The monoisotopic (exact) mass is 664 g/mol. The fourth-order valence-electron chi connectivity index (χ4n) is 8.81. The van der Waals surface area contributed by atoms with Gasteiger partial charge in [-0.25, -0.2) is 22.0 Å². The maximum absolute atomic E-state index is 16.9. The number of fused-ring (bicyclic) bond motifs is 4. The summed E-state index contributed by atoms with van der Waals surface area (Å²) in [6.45, 7) is 1.82. The molecule has 4 atom stereocenters. The Morgan fingerprint density at radius 2 is 1.79 bits per heavy atom. The second-order valence-corrected chi connectivity index (χ2v) is 13.9. The molecule has 4 aliphatic rings. The number of hydrogen-bond donors (Lipinski definition) is 2. The standard InChI is InChI=1S/C36H33F5N4O3/c1-2-24-28(38)7-4-19-10-23(46)11-27(29(19)24)25-5-6-26-31(30(25)39)42-34(48-18-35-8-3-9-45(35)17-22(37)14-35)43-32(26)44-15-20-12-36(47,33(40)41)13-21(20)16-44/h1,4-7,10-11,20-22,33,46-47H,3,8-9,12-18H2/t20?,21?,22-,35+,36?/m1/s1. The van der Waals surface area contributed by atoms with E-state index in [1.54, 1.807) is 6.07 Å². The van der Waals surface area contributed by atoms with Gasteiger partial charge in [-0.3, -0.25) is 4.90 Å². The predicted octanol–water partition coefficient (Wildman–Crippen LogP) is 6.21. The van der Waals surface area contributed by atoms with Gasteiger partial charge in [0.2, 0.25) is 0 Å². The number of aliphatic hydroxyl groups is 1. The van der Waals surface area contributed by atoms with E-state index in [1.165, 1.54) is 30.3 Å². The third kappa shape index (κ3) is 4.85. The molecule has 1 saturated carbocycles. The number of halogens is 5. The fraction of sp³-hybridized carbons (Fsp3) is 0.444.